The quantitative estimate of drug-likeness (QED) is 0.544. The van der Waals surface area contributed by atoms with E-state index in [4.69, 9.17) is 0 Å². The molecule has 1 nitrogen and oxygen atoms in total. The third kappa shape index (κ3) is 1.71. The summed E-state index contributed by atoms with van der Waals surface area (Å²) in [5, 5.41) is 3.55. The Kier molecular flexibility index (Phi) is 2.50. The molecular weight excluding hydrogens is 146 g/mol. The molecule has 0 aromatic carbocycles. The van der Waals surface area contributed by atoms with Crippen LogP contribution in [0.15, 0.2) is 11.1 Å². The Morgan fingerprint density at radius 3 is 2.42 bits per heavy atom. The SMILES string of the molecule is CC1CCC(=C2CCCC2)CN1. The molecule has 0 aromatic heterocycles. The smallest absolute Gasteiger partial charge is 0.0169 e. The van der Waals surface area contributed by atoms with E-state index >= 15 is 0 Å². The van der Waals surface area contributed by atoms with E-state index < -0.39 is 0 Å². The molecule has 1 saturated carbocycles. The van der Waals surface area contributed by atoms with Gasteiger partial charge in [0.25, 0.3) is 0 Å². The van der Waals surface area contributed by atoms with Crippen LogP contribution in [0.2, 0.25) is 0 Å². The van der Waals surface area contributed by atoms with E-state index in [9.17, 15) is 0 Å². The predicted octanol–water partition coefficient (Wildman–Crippen LogP) is 2.63. The molecule has 1 heterocycles. The van der Waals surface area contributed by atoms with Gasteiger partial charge in [-0.1, -0.05) is 11.1 Å². The van der Waals surface area contributed by atoms with Crippen LogP contribution in [0.4, 0.5) is 0 Å². The van der Waals surface area contributed by atoms with Crippen LogP contribution in [-0.4, -0.2) is 12.6 Å². The second-order valence-electron chi connectivity index (χ2n) is 4.23. The second kappa shape index (κ2) is 3.61. The molecule has 0 aromatic rings. The van der Waals surface area contributed by atoms with E-state index in [1.807, 2.05) is 0 Å². The lowest BCUT2D eigenvalue weighted by Gasteiger charge is -2.24. The summed E-state index contributed by atoms with van der Waals surface area (Å²) in [7, 11) is 0. The number of piperidine rings is 1. The Morgan fingerprint density at radius 2 is 1.83 bits per heavy atom. The van der Waals surface area contributed by atoms with Gasteiger partial charge in [-0.05, 0) is 45.4 Å². The predicted molar refractivity (Wildman–Crippen MR) is 52.2 cm³/mol. The average molecular weight is 165 g/mol. The van der Waals surface area contributed by atoms with Crippen LogP contribution in [-0.2, 0) is 0 Å². The van der Waals surface area contributed by atoms with Crippen molar-refractivity contribution in [3.05, 3.63) is 11.1 Å². The van der Waals surface area contributed by atoms with Crippen LogP contribution in [0.5, 0.6) is 0 Å². The number of hydrogen-bond acceptors (Lipinski definition) is 1. The summed E-state index contributed by atoms with van der Waals surface area (Å²) >= 11 is 0. The molecule has 2 rings (SSSR count). The molecule has 1 aliphatic heterocycles. The highest BCUT2D eigenvalue weighted by Gasteiger charge is 2.17. The fraction of sp³-hybridized carbons (Fsp3) is 0.818. The van der Waals surface area contributed by atoms with Crippen LogP contribution in [0.25, 0.3) is 0 Å². The summed E-state index contributed by atoms with van der Waals surface area (Å²) in [4.78, 5) is 0. The van der Waals surface area contributed by atoms with Gasteiger partial charge >= 0.3 is 0 Å². The Balaban J connectivity index is 1.99. The van der Waals surface area contributed by atoms with E-state index in [0.29, 0.717) is 0 Å². The third-order valence-electron chi connectivity index (χ3n) is 3.25. The fourth-order valence-corrected chi connectivity index (χ4v) is 2.34. The van der Waals surface area contributed by atoms with Crippen LogP contribution in [0, 0.1) is 0 Å². The molecule has 2 aliphatic rings. The minimum atomic E-state index is 0.746. The zero-order valence-corrected chi connectivity index (χ0v) is 8.03. The summed E-state index contributed by atoms with van der Waals surface area (Å²) in [6, 6.07) is 0.746. The van der Waals surface area contributed by atoms with E-state index in [1.165, 1.54) is 45.1 Å². The Hall–Kier alpha value is -0.300. The third-order valence-corrected chi connectivity index (χ3v) is 3.25. The maximum atomic E-state index is 3.55. The maximum Gasteiger partial charge on any atom is 0.0169 e. The molecule has 1 aliphatic carbocycles. The van der Waals surface area contributed by atoms with Crippen molar-refractivity contribution in [3.8, 4) is 0 Å². The number of allylic oxidation sites excluding steroid dienone is 1. The Labute approximate surface area is 75.2 Å². The van der Waals surface area contributed by atoms with Crippen LogP contribution >= 0.6 is 0 Å². The summed E-state index contributed by atoms with van der Waals surface area (Å²) in [6.45, 7) is 3.46. The molecule has 1 saturated heterocycles. The largest absolute Gasteiger partial charge is 0.311 e. The zero-order valence-electron chi connectivity index (χ0n) is 8.03. The first kappa shape index (κ1) is 8.31. The summed E-state index contributed by atoms with van der Waals surface area (Å²) < 4.78 is 0. The summed E-state index contributed by atoms with van der Waals surface area (Å²) in [5.74, 6) is 0. The molecule has 1 unspecified atom stereocenters. The van der Waals surface area contributed by atoms with Gasteiger partial charge in [-0.3, -0.25) is 0 Å². The Bertz CT molecular complexity index is 175. The fourth-order valence-electron chi connectivity index (χ4n) is 2.34. The Morgan fingerprint density at radius 1 is 1.08 bits per heavy atom. The molecule has 2 fully saturated rings. The van der Waals surface area contributed by atoms with Gasteiger partial charge in [0, 0.05) is 12.6 Å². The summed E-state index contributed by atoms with van der Waals surface area (Å²) in [6.07, 6.45) is 8.38. The first-order valence-corrected chi connectivity index (χ1v) is 5.29. The van der Waals surface area contributed by atoms with Crippen molar-refractivity contribution in [2.45, 2.75) is 51.5 Å². The van der Waals surface area contributed by atoms with Crippen molar-refractivity contribution in [2.75, 3.05) is 6.54 Å². The van der Waals surface area contributed by atoms with E-state index in [-0.39, 0.29) is 0 Å². The van der Waals surface area contributed by atoms with E-state index in [2.05, 4.69) is 12.2 Å². The lowest BCUT2D eigenvalue weighted by molar-refractivity contribution is 0.482. The van der Waals surface area contributed by atoms with Gasteiger partial charge in [-0.2, -0.15) is 0 Å². The molecular formula is C11H19N. The van der Waals surface area contributed by atoms with Crippen molar-refractivity contribution in [2.24, 2.45) is 0 Å². The molecule has 0 amide bonds. The van der Waals surface area contributed by atoms with Crippen molar-refractivity contribution in [1.82, 2.24) is 5.32 Å². The zero-order chi connectivity index (χ0) is 8.39. The molecule has 68 valence electrons. The second-order valence-corrected chi connectivity index (χ2v) is 4.23. The normalized spacial score (nSPS) is 31.2. The van der Waals surface area contributed by atoms with Gasteiger partial charge in [0.15, 0.2) is 0 Å². The summed E-state index contributed by atoms with van der Waals surface area (Å²) in [5.41, 5.74) is 3.53. The van der Waals surface area contributed by atoms with Crippen molar-refractivity contribution >= 4 is 0 Å². The van der Waals surface area contributed by atoms with Gasteiger partial charge in [-0.25, -0.2) is 0 Å². The van der Waals surface area contributed by atoms with Gasteiger partial charge in [0.05, 0.1) is 0 Å². The molecule has 12 heavy (non-hydrogen) atoms. The van der Waals surface area contributed by atoms with Gasteiger partial charge in [0.1, 0.15) is 0 Å². The minimum Gasteiger partial charge on any atom is -0.311 e. The van der Waals surface area contributed by atoms with E-state index in [1.54, 1.807) is 11.1 Å². The molecule has 1 N–H and O–H groups in total. The van der Waals surface area contributed by atoms with Gasteiger partial charge < -0.3 is 5.32 Å². The molecule has 1 heteroatoms. The van der Waals surface area contributed by atoms with Crippen LogP contribution < -0.4 is 5.32 Å². The lowest BCUT2D eigenvalue weighted by Crippen LogP contribution is -2.33. The van der Waals surface area contributed by atoms with Gasteiger partial charge in [-0.15, -0.1) is 0 Å². The molecule has 0 radical (unpaired) electrons. The minimum absolute atomic E-state index is 0.746. The average Bonchev–Trinajstić information content (AvgIpc) is 2.58. The first-order chi connectivity index (χ1) is 5.86. The maximum absolute atomic E-state index is 3.55. The highest BCUT2D eigenvalue weighted by Crippen LogP contribution is 2.30. The first-order valence-electron chi connectivity index (χ1n) is 5.29. The van der Waals surface area contributed by atoms with Gasteiger partial charge in [0.2, 0.25) is 0 Å². The standard InChI is InChI=1S/C11H19N/c1-9-6-7-11(8-12-9)10-4-2-3-5-10/h9,12H,2-8H2,1H3. The number of rotatable bonds is 0. The van der Waals surface area contributed by atoms with Crippen LogP contribution in [0.3, 0.4) is 0 Å². The van der Waals surface area contributed by atoms with Crippen LogP contribution in [0.1, 0.15) is 45.4 Å². The van der Waals surface area contributed by atoms with Crippen molar-refractivity contribution < 1.29 is 0 Å². The molecule has 1 atom stereocenters. The monoisotopic (exact) mass is 165 g/mol. The molecule has 0 bridgehead atoms. The topological polar surface area (TPSA) is 12.0 Å². The highest BCUT2D eigenvalue weighted by molar-refractivity contribution is 5.20. The lowest BCUT2D eigenvalue weighted by atomic mass is 9.96. The van der Waals surface area contributed by atoms with E-state index in [0.717, 1.165) is 6.04 Å². The highest BCUT2D eigenvalue weighted by atomic mass is 14.9. The van der Waals surface area contributed by atoms with Crippen molar-refractivity contribution in [3.63, 3.8) is 0 Å². The number of nitrogens with one attached hydrogen (secondary N) is 1. The molecule has 0 spiro atoms. The van der Waals surface area contributed by atoms with Crippen molar-refractivity contribution in [1.29, 1.82) is 0 Å². The number of hydrogen-bond donors (Lipinski definition) is 1.